The maximum absolute atomic E-state index is 12.2. The summed E-state index contributed by atoms with van der Waals surface area (Å²) in [6.45, 7) is 3.18. The highest BCUT2D eigenvalue weighted by molar-refractivity contribution is 7.87. The smallest absolute Gasteiger partial charge is 0.279 e. The summed E-state index contributed by atoms with van der Waals surface area (Å²) in [5.74, 6) is 0. The lowest BCUT2D eigenvalue weighted by Gasteiger charge is -2.27. The number of nitrogens with zero attached hydrogens (tertiary/aromatic N) is 1. The standard InChI is InChI=1S/C11H23N3O2S.ClH/c15-17(16,13-11-5-7-12-8-6-11)14-9-3-1-2-4-10-14;/h11-13H,1-10H2;1H. The Balaban J connectivity index is 0.00000162. The van der Waals surface area contributed by atoms with Crippen molar-refractivity contribution >= 4 is 22.6 Å². The number of nitrogens with one attached hydrogen (secondary N) is 2. The van der Waals surface area contributed by atoms with E-state index in [2.05, 4.69) is 10.0 Å². The molecule has 0 radical (unpaired) electrons. The van der Waals surface area contributed by atoms with Crippen LogP contribution in [0.2, 0.25) is 0 Å². The summed E-state index contributed by atoms with van der Waals surface area (Å²) < 4.78 is 28.9. The Kier molecular flexibility index (Phi) is 6.87. The molecule has 2 heterocycles. The van der Waals surface area contributed by atoms with Crippen molar-refractivity contribution in [1.82, 2.24) is 14.3 Å². The van der Waals surface area contributed by atoms with Gasteiger partial charge in [-0.25, -0.2) is 0 Å². The summed E-state index contributed by atoms with van der Waals surface area (Å²) in [5.41, 5.74) is 0. The molecular weight excluding hydrogens is 274 g/mol. The van der Waals surface area contributed by atoms with Crippen molar-refractivity contribution in [3.05, 3.63) is 0 Å². The topological polar surface area (TPSA) is 61.4 Å². The van der Waals surface area contributed by atoms with Crippen molar-refractivity contribution in [3.63, 3.8) is 0 Å². The van der Waals surface area contributed by atoms with Gasteiger partial charge in [-0.1, -0.05) is 12.8 Å². The van der Waals surface area contributed by atoms with E-state index in [1.165, 1.54) is 0 Å². The molecular formula is C11H24ClN3O2S. The third-order valence-corrected chi connectivity index (χ3v) is 5.24. The average Bonchev–Trinajstić information content (AvgIpc) is 2.58. The summed E-state index contributed by atoms with van der Waals surface area (Å²) >= 11 is 0. The predicted octanol–water partition coefficient (Wildman–Crippen LogP) is 0.871. The largest absolute Gasteiger partial charge is 0.317 e. The van der Waals surface area contributed by atoms with Crippen molar-refractivity contribution in [2.24, 2.45) is 0 Å². The van der Waals surface area contributed by atoms with Gasteiger partial charge in [-0.2, -0.15) is 17.4 Å². The fourth-order valence-electron chi connectivity index (χ4n) is 2.51. The fraction of sp³-hybridized carbons (Fsp3) is 1.00. The van der Waals surface area contributed by atoms with Crippen LogP contribution in [-0.2, 0) is 10.2 Å². The highest BCUT2D eigenvalue weighted by Crippen LogP contribution is 2.14. The second-order valence-corrected chi connectivity index (χ2v) is 6.66. The molecule has 2 saturated heterocycles. The van der Waals surface area contributed by atoms with Gasteiger partial charge in [0.05, 0.1) is 0 Å². The first-order valence-corrected chi connectivity index (χ1v) is 8.10. The van der Waals surface area contributed by atoms with Crippen molar-refractivity contribution in [2.45, 2.75) is 44.6 Å². The molecule has 0 aromatic rings. The highest BCUT2D eigenvalue weighted by atomic mass is 35.5. The van der Waals surface area contributed by atoms with Gasteiger partial charge in [0, 0.05) is 19.1 Å². The van der Waals surface area contributed by atoms with Crippen LogP contribution in [0.4, 0.5) is 0 Å². The zero-order chi connectivity index (χ0) is 12.1. The molecule has 0 aromatic heterocycles. The van der Waals surface area contributed by atoms with Crippen LogP contribution in [0.15, 0.2) is 0 Å². The first kappa shape index (κ1) is 16.2. The van der Waals surface area contributed by atoms with Crippen molar-refractivity contribution in [3.8, 4) is 0 Å². The van der Waals surface area contributed by atoms with Crippen LogP contribution in [0, 0.1) is 0 Å². The highest BCUT2D eigenvalue weighted by Gasteiger charge is 2.26. The number of hydrogen-bond donors (Lipinski definition) is 2. The molecule has 0 unspecified atom stereocenters. The molecule has 0 amide bonds. The molecule has 0 spiro atoms. The molecule has 18 heavy (non-hydrogen) atoms. The van der Waals surface area contributed by atoms with Crippen LogP contribution in [0.3, 0.4) is 0 Å². The zero-order valence-electron chi connectivity index (χ0n) is 10.7. The van der Waals surface area contributed by atoms with E-state index >= 15 is 0 Å². The Labute approximate surface area is 116 Å². The van der Waals surface area contributed by atoms with Crippen molar-refractivity contribution in [2.75, 3.05) is 26.2 Å². The van der Waals surface area contributed by atoms with E-state index in [1.54, 1.807) is 4.31 Å². The van der Waals surface area contributed by atoms with Crippen LogP contribution in [0.5, 0.6) is 0 Å². The summed E-state index contributed by atoms with van der Waals surface area (Å²) in [6, 6.07) is 0.115. The Morgan fingerprint density at radius 1 is 1.00 bits per heavy atom. The maximum atomic E-state index is 12.2. The Bertz CT molecular complexity index is 323. The quantitative estimate of drug-likeness (QED) is 0.813. The van der Waals surface area contributed by atoms with E-state index in [-0.39, 0.29) is 18.4 Å². The first-order chi connectivity index (χ1) is 8.18. The molecule has 0 bridgehead atoms. The normalized spacial score (nSPS) is 24.2. The lowest BCUT2D eigenvalue weighted by atomic mass is 10.1. The number of hydrogen-bond acceptors (Lipinski definition) is 3. The van der Waals surface area contributed by atoms with Crippen LogP contribution < -0.4 is 10.0 Å². The van der Waals surface area contributed by atoms with Crippen LogP contribution >= 0.6 is 12.4 Å². The molecule has 0 atom stereocenters. The molecule has 7 heteroatoms. The minimum absolute atomic E-state index is 0. The second-order valence-electron chi connectivity index (χ2n) is 4.96. The van der Waals surface area contributed by atoms with Gasteiger partial charge >= 0.3 is 0 Å². The average molecular weight is 298 g/mol. The van der Waals surface area contributed by atoms with Gasteiger partial charge in [0.25, 0.3) is 10.2 Å². The molecule has 108 valence electrons. The van der Waals surface area contributed by atoms with Gasteiger partial charge in [0.2, 0.25) is 0 Å². The minimum atomic E-state index is -3.25. The number of piperidine rings is 1. The Morgan fingerprint density at radius 3 is 2.11 bits per heavy atom. The molecule has 0 aliphatic carbocycles. The Hall–Kier alpha value is 0.120. The fourth-order valence-corrected chi connectivity index (χ4v) is 4.05. The minimum Gasteiger partial charge on any atom is -0.317 e. The summed E-state index contributed by atoms with van der Waals surface area (Å²) in [5, 5.41) is 3.24. The summed E-state index contributed by atoms with van der Waals surface area (Å²) in [4.78, 5) is 0. The molecule has 2 N–H and O–H groups in total. The monoisotopic (exact) mass is 297 g/mol. The van der Waals surface area contributed by atoms with Crippen LogP contribution in [0.1, 0.15) is 38.5 Å². The molecule has 2 rings (SSSR count). The first-order valence-electron chi connectivity index (χ1n) is 6.66. The van der Waals surface area contributed by atoms with E-state index < -0.39 is 10.2 Å². The molecule has 0 saturated carbocycles. The zero-order valence-corrected chi connectivity index (χ0v) is 12.4. The van der Waals surface area contributed by atoms with Gasteiger partial charge in [-0.3, -0.25) is 0 Å². The van der Waals surface area contributed by atoms with E-state index in [0.29, 0.717) is 13.1 Å². The van der Waals surface area contributed by atoms with E-state index in [1.807, 2.05) is 0 Å². The molecule has 5 nitrogen and oxygen atoms in total. The van der Waals surface area contributed by atoms with Gasteiger partial charge in [-0.05, 0) is 38.8 Å². The molecule has 2 aliphatic rings. The van der Waals surface area contributed by atoms with E-state index in [4.69, 9.17) is 0 Å². The predicted molar refractivity (Wildman–Crippen MR) is 75.2 cm³/mol. The maximum Gasteiger partial charge on any atom is 0.279 e. The van der Waals surface area contributed by atoms with Gasteiger partial charge < -0.3 is 5.32 Å². The number of halogens is 1. The molecule has 0 aromatic carbocycles. The van der Waals surface area contributed by atoms with Gasteiger partial charge in [0.15, 0.2) is 0 Å². The number of rotatable bonds is 3. The van der Waals surface area contributed by atoms with Crippen molar-refractivity contribution in [1.29, 1.82) is 0 Å². The lowest BCUT2D eigenvalue weighted by molar-refractivity contribution is 0.383. The lowest BCUT2D eigenvalue weighted by Crippen LogP contribution is -2.49. The summed E-state index contributed by atoms with van der Waals surface area (Å²) in [7, 11) is -3.25. The van der Waals surface area contributed by atoms with Crippen molar-refractivity contribution < 1.29 is 8.42 Å². The Morgan fingerprint density at radius 2 is 1.56 bits per heavy atom. The molecule has 2 aliphatic heterocycles. The van der Waals surface area contributed by atoms with Gasteiger partial charge in [-0.15, -0.1) is 12.4 Å². The third kappa shape index (κ3) is 4.66. The van der Waals surface area contributed by atoms with Crippen LogP contribution in [0.25, 0.3) is 0 Å². The molecule has 2 fully saturated rings. The third-order valence-electron chi connectivity index (χ3n) is 3.56. The SMILES string of the molecule is Cl.O=S(=O)(NC1CCNCC1)N1CCCCCC1. The summed E-state index contributed by atoms with van der Waals surface area (Å²) in [6.07, 6.45) is 6.08. The van der Waals surface area contributed by atoms with E-state index in [9.17, 15) is 8.42 Å². The van der Waals surface area contributed by atoms with E-state index in [0.717, 1.165) is 51.6 Å². The van der Waals surface area contributed by atoms with Crippen LogP contribution in [-0.4, -0.2) is 44.9 Å². The second kappa shape index (κ2) is 7.65. The van der Waals surface area contributed by atoms with Gasteiger partial charge in [0.1, 0.15) is 0 Å².